The van der Waals surface area contributed by atoms with Crippen LogP contribution in [0.2, 0.25) is 0 Å². The minimum absolute atomic E-state index is 0.206. The molecule has 0 saturated carbocycles. The lowest BCUT2D eigenvalue weighted by molar-refractivity contribution is -0.122. The Hall–Kier alpha value is -2.69. The first-order valence-electron chi connectivity index (χ1n) is 7.17. The van der Waals surface area contributed by atoms with Crippen LogP contribution in [0.25, 0.3) is 10.8 Å². The number of nitrogens with one attached hydrogen (secondary N) is 1. The first kappa shape index (κ1) is 14.3. The third-order valence-corrected chi connectivity index (χ3v) is 3.25. The van der Waals surface area contributed by atoms with Crippen LogP contribution < -0.4 is 10.1 Å². The van der Waals surface area contributed by atoms with E-state index in [1.807, 2.05) is 36.4 Å². The number of carbonyl (C=O) groups excluding carboxylic acids is 1. The number of hydrogen-bond donors (Lipinski definition) is 1. The van der Waals surface area contributed by atoms with Crippen molar-refractivity contribution in [1.29, 1.82) is 0 Å². The van der Waals surface area contributed by atoms with Gasteiger partial charge in [0.25, 0.3) is 5.91 Å². The quantitative estimate of drug-likeness (QED) is 0.860. The molecule has 1 N–H and O–H groups in total. The van der Waals surface area contributed by atoms with E-state index >= 15 is 0 Å². The summed E-state index contributed by atoms with van der Waals surface area (Å²) in [7, 11) is 0. The van der Waals surface area contributed by atoms with Crippen LogP contribution in [0.15, 0.2) is 54.5 Å². The summed E-state index contributed by atoms with van der Waals surface area (Å²) in [5.41, 5.74) is 0. The van der Waals surface area contributed by atoms with Crippen LogP contribution in [-0.2, 0) is 14.3 Å². The molecule has 0 bridgehead atoms. The summed E-state index contributed by atoms with van der Waals surface area (Å²) in [5.74, 6) is 0.697. The number of benzene rings is 2. The molecule has 2 aromatic carbocycles. The van der Waals surface area contributed by atoms with E-state index in [1.54, 1.807) is 0 Å². The molecular formula is C17H17NO4. The van der Waals surface area contributed by atoms with Gasteiger partial charge in [0, 0.05) is 0 Å². The van der Waals surface area contributed by atoms with Crippen LogP contribution in [-0.4, -0.2) is 32.3 Å². The molecule has 0 fully saturated rings. The molecule has 22 heavy (non-hydrogen) atoms. The van der Waals surface area contributed by atoms with Crippen molar-refractivity contribution in [1.82, 2.24) is 5.32 Å². The zero-order valence-electron chi connectivity index (χ0n) is 12.1. The first-order valence-corrected chi connectivity index (χ1v) is 7.17. The molecule has 0 radical (unpaired) electrons. The second kappa shape index (κ2) is 6.85. The maximum absolute atomic E-state index is 11.7. The van der Waals surface area contributed by atoms with E-state index in [0.29, 0.717) is 26.4 Å². The summed E-state index contributed by atoms with van der Waals surface area (Å²) < 4.78 is 15.9. The fraction of sp³-hybridized carbons (Fsp3) is 0.235. The van der Waals surface area contributed by atoms with Crippen molar-refractivity contribution in [3.05, 3.63) is 54.5 Å². The Bertz CT molecular complexity index is 696. The monoisotopic (exact) mass is 299 g/mol. The number of carbonyl (C=O) groups is 1. The minimum Gasteiger partial charge on any atom is -0.494 e. The number of hydrogen-bond acceptors (Lipinski definition) is 4. The Balaban J connectivity index is 1.47. The number of fused-ring (bicyclic) bond motifs is 1. The molecule has 3 rings (SSSR count). The zero-order chi connectivity index (χ0) is 15.2. The maximum Gasteiger partial charge on any atom is 0.289 e. The summed E-state index contributed by atoms with van der Waals surface area (Å²) in [5, 5.41) is 5.02. The zero-order valence-corrected chi connectivity index (χ0v) is 12.1. The second-order valence-electron chi connectivity index (χ2n) is 4.81. The Morgan fingerprint density at radius 3 is 2.82 bits per heavy atom. The molecular weight excluding hydrogens is 282 g/mol. The van der Waals surface area contributed by atoms with E-state index in [-0.39, 0.29) is 11.7 Å². The van der Waals surface area contributed by atoms with E-state index in [0.717, 1.165) is 11.1 Å². The van der Waals surface area contributed by atoms with E-state index in [9.17, 15) is 4.79 Å². The standard InChI is InChI=1S/C17H17NO4/c19-17(16-12-20-9-10-22-16)18-7-8-21-15-6-5-13-3-1-2-4-14(13)11-15/h1-6,11-12H,7-10H2,(H,18,19). The van der Waals surface area contributed by atoms with Crippen molar-refractivity contribution < 1.29 is 19.0 Å². The number of ether oxygens (including phenoxy) is 3. The Labute approximate surface area is 128 Å². The molecule has 0 spiro atoms. The van der Waals surface area contributed by atoms with E-state index in [4.69, 9.17) is 14.2 Å². The van der Waals surface area contributed by atoms with Crippen molar-refractivity contribution in [3.63, 3.8) is 0 Å². The van der Waals surface area contributed by atoms with Crippen LogP contribution >= 0.6 is 0 Å². The highest BCUT2D eigenvalue weighted by atomic mass is 16.6. The smallest absolute Gasteiger partial charge is 0.289 e. The number of amides is 1. The van der Waals surface area contributed by atoms with Gasteiger partial charge in [-0.25, -0.2) is 0 Å². The van der Waals surface area contributed by atoms with Crippen LogP contribution in [0, 0.1) is 0 Å². The molecule has 0 aromatic heterocycles. The summed E-state index contributed by atoms with van der Waals surface area (Å²) in [6.07, 6.45) is 1.34. The van der Waals surface area contributed by atoms with Crippen molar-refractivity contribution in [2.45, 2.75) is 0 Å². The average molecular weight is 299 g/mol. The molecule has 1 aliphatic rings. The third-order valence-electron chi connectivity index (χ3n) is 3.25. The van der Waals surface area contributed by atoms with Crippen LogP contribution in [0.3, 0.4) is 0 Å². The van der Waals surface area contributed by atoms with Gasteiger partial charge in [-0.1, -0.05) is 30.3 Å². The maximum atomic E-state index is 11.7. The predicted molar refractivity (Wildman–Crippen MR) is 82.4 cm³/mol. The normalized spacial score (nSPS) is 13.7. The molecule has 1 aliphatic heterocycles. The highest BCUT2D eigenvalue weighted by molar-refractivity contribution is 5.91. The molecule has 5 nitrogen and oxygen atoms in total. The third kappa shape index (κ3) is 3.49. The van der Waals surface area contributed by atoms with E-state index in [1.165, 1.54) is 11.6 Å². The first-order chi connectivity index (χ1) is 10.8. The van der Waals surface area contributed by atoms with Crippen molar-refractivity contribution in [2.75, 3.05) is 26.4 Å². The lowest BCUT2D eigenvalue weighted by Crippen LogP contribution is -2.31. The average Bonchev–Trinajstić information content (AvgIpc) is 2.59. The van der Waals surface area contributed by atoms with Crippen molar-refractivity contribution in [3.8, 4) is 5.75 Å². The Morgan fingerprint density at radius 2 is 2.00 bits per heavy atom. The minimum atomic E-state index is -0.290. The molecule has 0 atom stereocenters. The van der Waals surface area contributed by atoms with Gasteiger partial charge in [-0.15, -0.1) is 0 Å². The molecule has 114 valence electrons. The fourth-order valence-corrected chi connectivity index (χ4v) is 2.17. The van der Waals surface area contributed by atoms with Crippen LogP contribution in [0.4, 0.5) is 0 Å². The molecule has 1 heterocycles. The molecule has 0 saturated heterocycles. The molecule has 2 aromatic rings. The van der Waals surface area contributed by atoms with Gasteiger partial charge in [0.1, 0.15) is 31.8 Å². The SMILES string of the molecule is O=C(NCCOc1ccc2ccccc2c1)C1=COCCO1. The van der Waals surface area contributed by atoms with Crippen molar-refractivity contribution >= 4 is 16.7 Å². The second-order valence-corrected chi connectivity index (χ2v) is 4.81. The van der Waals surface area contributed by atoms with Crippen LogP contribution in [0.1, 0.15) is 0 Å². The highest BCUT2D eigenvalue weighted by Gasteiger charge is 2.14. The summed E-state index contributed by atoms with van der Waals surface area (Å²) >= 11 is 0. The van der Waals surface area contributed by atoms with E-state index < -0.39 is 0 Å². The van der Waals surface area contributed by atoms with Gasteiger partial charge < -0.3 is 19.5 Å². The molecule has 1 amide bonds. The van der Waals surface area contributed by atoms with Gasteiger partial charge in [0.2, 0.25) is 5.76 Å². The van der Waals surface area contributed by atoms with Gasteiger partial charge in [-0.05, 0) is 22.9 Å². The van der Waals surface area contributed by atoms with Gasteiger partial charge >= 0.3 is 0 Å². The van der Waals surface area contributed by atoms with Gasteiger partial charge in [0.15, 0.2) is 0 Å². The lowest BCUT2D eigenvalue weighted by atomic mass is 10.1. The van der Waals surface area contributed by atoms with Crippen LogP contribution in [0.5, 0.6) is 5.75 Å². The summed E-state index contributed by atoms with van der Waals surface area (Å²) in [4.78, 5) is 11.7. The molecule has 0 aliphatic carbocycles. The summed E-state index contributed by atoms with van der Waals surface area (Å²) in [6.45, 7) is 1.65. The molecule has 5 heteroatoms. The van der Waals surface area contributed by atoms with Gasteiger partial charge in [-0.2, -0.15) is 0 Å². The number of rotatable bonds is 5. The largest absolute Gasteiger partial charge is 0.494 e. The highest BCUT2D eigenvalue weighted by Crippen LogP contribution is 2.20. The van der Waals surface area contributed by atoms with E-state index in [2.05, 4.69) is 11.4 Å². The topological polar surface area (TPSA) is 56.8 Å². The summed E-state index contributed by atoms with van der Waals surface area (Å²) in [6, 6.07) is 14.0. The lowest BCUT2D eigenvalue weighted by Gasteiger charge is -2.15. The predicted octanol–water partition coefficient (Wildman–Crippen LogP) is 2.22. The van der Waals surface area contributed by atoms with Gasteiger partial charge in [-0.3, -0.25) is 4.79 Å². The van der Waals surface area contributed by atoms with Crippen molar-refractivity contribution in [2.24, 2.45) is 0 Å². The Kier molecular flexibility index (Phi) is 4.44. The Morgan fingerprint density at radius 1 is 1.14 bits per heavy atom. The van der Waals surface area contributed by atoms with Gasteiger partial charge in [0.05, 0.1) is 6.54 Å². The fourth-order valence-electron chi connectivity index (χ4n) is 2.17. The molecule has 0 unspecified atom stereocenters.